The van der Waals surface area contributed by atoms with Gasteiger partial charge < -0.3 is 14.6 Å². The molecule has 110 valence electrons. The molecule has 1 heterocycles. The number of benzene rings is 1. The third-order valence-corrected chi connectivity index (χ3v) is 5.11. The Morgan fingerprint density at radius 2 is 2.25 bits per heavy atom. The number of carboxylic acids is 1. The van der Waals surface area contributed by atoms with E-state index in [0.717, 1.165) is 18.9 Å². The van der Waals surface area contributed by atoms with E-state index in [1.54, 1.807) is 0 Å². The minimum absolute atomic E-state index is 0.113. The second-order valence-corrected chi connectivity index (χ2v) is 7.04. The molecule has 0 unspecified atom stereocenters. The highest BCUT2D eigenvalue weighted by Crippen LogP contribution is 2.21. The van der Waals surface area contributed by atoms with E-state index < -0.39 is 16.0 Å². The van der Waals surface area contributed by atoms with Crippen molar-refractivity contribution in [2.45, 2.75) is 23.8 Å². The lowest BCUT2D eigenvalue weighted by Crippen LogP contribution is -2.32. The molecule has 0 radical (unpaired) electrons. The molecule has 2 rings (SSSR count). The summed E-state index contributed by atoms with van der Waals surface area (Å²) in [7, 11) is -3.76. The summed E-state index contributed by atoms with van der Waals surface area (Å²) in [5.74, 6) is -1.44. The fourth-order valence-corrected chi connectivity index (χ4v) is 3.42. The Kier molecular flexibility index (Phi) is 4.79. The molecule has 0 aliphatic carbocycles. The minimum Gasteiger partial charge on any atom is -0.545 e. The van der Waals surface area contributed by atoms with E-state index in [2.05, 4.69) is 20.7 Å². The van der Waals surface area contributed by atoms with Gasteiger partial charge in [0.1, 0.15) is 0 Å². The van der Waals surface area contributed by atoms with Crippen LogP contribution >= 0.6 is 15.9 Å². The number of hydrogen-bond donors (Lipinski definition) is 1. The predicted molar refractivity (Wildman–Crippen MR) is 72.6 cm³/mol. The maximum atomic E-state index is 12.1. The van der Waals surface area contributed by atoms with Crippen LogP contribution < -0.4 is 9.83 Å². The second-order valence-electron chi connectivity index (χ2n) is 4.42. The Hall–Kier alpha value is -0.960. The summed E-state index contributed by atoms with van der Waals surface area (Å²) in [5.41, 5.74) is -0.204. The molecule has 0 aromatic heterocycles. The van der Waals surface area contributed by atoms with Crippen LogP contribution in [0.15, 0.2) is 27.6 Å². The summed E-state index contributed by atoms with van der Waals surface area (Å²) in [6.45, 7) is 0.818. The molecule has 1 atom stereocenters. The summed E-state index contributed by atoms with van der Waals surface area (Å²) < 4.78 is 32.2. The van der Waals surface area contributed by atoms with Crippen molar-refractivity contribution in [1.82, 2.24) is 4.72 Å². The van der Waals surface area contributed by atoms with E-state index in [1.165, 1.54) is 12.1 Å². The van der Waals surface area contributed by atoms with Crippen LogP contribution in [0.2, 0.25) is 0 Å². The molecule has 1 aliphatic rings. The van der Waals surface area contributed by atoms with Gasteiger partial charge in [-0.15, -0.1) is 0 Å². The average molecular weight is 363 g/mol. The SMILES string of the molecule is O=C([O-])c1cc(S(=O)(=O)NC[C@@H]2CCCO2)ccc1Br. The monoisotopic (exact) mass is 362 g/mol. The maximum Gasteiger partial charge on any atom is 0.240 e. The molecule has 1 fully saturated rings. The minimum atomic E-state index is -3.76. The standard InChI is InChI=1S/C12H14BrNO5S/c13-11-4-3-9(6-10(11)12(15)16)20(17,18)14-7-8-2-1-5-19-8/h3-4,6,8,14H,1-2,5,7H2,(H,15,16)/p-1/t8-/m0/s1. The van der Waals surface area contributed by atoms with Crippen LogP contribution in [0, 0.1) is 0 Å². The van der Waals surface area contributed by atoms with Crippen molar-refractivity contribution in [1.29, 1.82) is 0 Å². The van der Waals surface area contributed by atoms with Crippen molar-refractivity contribution in [2.24, 2.45) is 0 Å². The Morgan fingerprint density at radius 1 is 1.50 bits per heavy atom. The molecule has 1 aliphatic heterocycles. The van der Waals surface area contributed by atoms with Gasteiger partial charge in [-0.05, 0) is 31.0 Å². The third kappa shape index (κ3) is 3.57. The summed E-state index contributed by atoms with van der Waals surface area (Å²) in [6, 6.07) is 3.76. The van der Waals surface area contributed by atoms with Crippen LogP contribution in [0.4, 0.5) is 0 Å². The first kappa shape index (κ1) is 15.4. The first-order valence-electron chi connectivity index (χ1n) is 6.02. The van der Waals surface area contributed by atoms with E-state index in [4.69, 9.17) is 4.74 Å². The highest BCUT2D eigenvalue weighted by molar-refractivity contribution is 9.10. The van der Waals surface area contributed by atoms with E-state index in [-0.39, 0.29) is 27.6 Å². The van der Waals surface area contributed by atoms with E-state index >= 15 is 0 Å². The molecule has 0 spiro atoms. The van der Waals surface area contributed by atoms with Crippen molar-refractivity contribution < 1.29 is 23.1 Å². The Labute approximate surface area is 125 Å². The number of sulfonamides is 1. The molecule has 1 N–H and O–H groups in total. The smallest absolute Gasteiger partial charge is 0.240 e. The number of nitrogens with one attached hydrogen (secondary N) is 1. The average Bonchev–Trinajstić information content (AvgIpc) is 2.89. The van der Waals surface area contributed by atoms with Crippen LogP contribution in [0.3, 0.4) is 0 Å². The zero-order valence-electron chi connectivity index (χ0n) is 10.5. The zero-order valence-corrected chi connectivity index (χ0v) is 12.9. The molecular formula is C12H13BrNO5S-. The summed E-state index contributed by atoms with van der Waals surface area (Å²) in [4.78, 5) is 10.8. The molecule has 8 heteroatoms. The fraction of sp³-hybridized carbons (Fsp3) is 0.417. The quantitative estimate of drug-likeness (QED) is 0.810. The largest absolute Gasteiger partial charge is 0.545 e. The molecule has 1 aromatic carbocycles. The highest BCUT2D eigenvalue weighted by atomic mass is 79.9. The summed E-state index contributed by atoms with van der Waals surface area (Å²) in [6.07, 6.45) is 1.60. The van der Waals surface area contributed by atoms with Crippen LogP contribution in [0.1, 0.15) is 23.2 Å². The Morgan fingerprint density at radius 3 is 2.85 bits per heavy atom. The van der Waals surface area contributed by atoms with Crippen LogP contribution in [-0.4, -0.2) is 33.6 Å². The first-order chi connectivity index (χ1) is 9.40. The maximum absolute atomic E-state index is 12.1. The van der Waals surface area contributed by atoms with Crippen molar-refractivity contribution in [2.75, 3.05) is 13.2 Å². The second kappa shape index (κ2) is 6.21. The molecule has 1 aromatic rings. The van der Waals surface area contributed by atoms with Gasteiger partial charge in [-0.2, -0.15) is 0 Å². The zero-order chi connectivity index (χ0) is 14.8. The lowest BCUT2D eigenvalue weighted by atomic mass is 10.2. The van der Waals surface area contributed by atoms with Gasteiger partial charge in [0, 0.05) is 23.2 Å². The van der Waals surface area contributed by atoms with Crippen LogP contribution in [-0.2, 0) is 14.8 Å². The number of halogens is 1. The number of rotatable bonds is 5. The van der Waals surface area contributed by atoms with E-state index in [0.29, 0.717) is 6.61 Å². The lowest BCUT2D eigenvalue weighted by Gasteiger charge is -2.13. The third-order valence-electron chi connectivity index (χ3n) is 2.99. The summed E-state index contributed by atoms with van der Waals surface area (Å²) >= 11 is 3.03. The number of ether oxygens (including phenoxy) is 1. The van der Waals surface area contributed by atoms with Gasteiger partial charge in [-0.1, -0.05) is 15.9 Å². The molecule has 0 bridgehead atoms. The topological polar surface area (TPSA) is 95.5 Å². The molecule has 0 saturated carbocycles. The number of hydrogen-bond acceptors (Lipinski definition) is 5. The highest BCUT2D eigenvalue weighted by Gasteiger charge is 2.21. The normalized spacial score (nSPS) is 19.1. The Balaban J connectivity index is 2.16. The number of aromatic carboxylic acids is 1. The fourth-order valence-electron chi connectivity index (χ4n) is 1.92. The molecule has 1 saturated heterocycles. The lowest BCUT2D eigenvalue weighted by molar-refractivity contribution is -0.255. The van der Waals surface area contributed by atoms with Gasteiger partial charge in [0.05, 0.1) is 17.0 Å². The van der Waals surface area contributed by atoms with E-state index in [9.17, 15) is 18.3 Å². The predicted octanol–water partition coefficient (Wildman–Crippen LogP) is 0.270. The molecule has 6 nitrogen and oxygen atoms in total. The number of carbonyl (C=O) groups excluding carboxylic acids is 1. The van der Waals surface area contributed by atoms with Crippen LogP contribution in [0.5, 0.6) is 0 Å². The molecule has 20 heavy (non-hydrogen) atoms. The van der Waals surface area contributed by atoms with Gasteiger partial charge in [-0.25, -0.2) is 13.1 Å². The van der Waals surface area contributed by atoms with E-state index in [1.807, 2.05) is 0 Å². The van der Waals surface area contributed by atoms with Crippen molar-refractivity contribution in [3.05, 3.63) is 28.2 Å². The number of carboxylic acid groups (broad SMARTS) is 1. The van der Waals surface area contributed by atoms with Gasteiger partial charge in [0.2, 0.25) is 10.0 Å². The number of carbonyl (C=O) groups is 1. The van der Waals surface area contributed by atoms with Gasteiger partial charge in [0.25, 0.3) is 0 Å². The molecule has 0 amide bonds. The van der Waals surface area contributed by atoms with Crippen LogP contribution in [0.25, 0.3) is 0 Å². The first-order valence-corrected chi connectivity index (χ1v) is 8.30. The van der Waals surface area contributed by atoms with Crippen molar-refractivity contribution >= 4 is 31.9 Å². The summed E-state index contributed by atoms with van der Waals surface area (Å²) in [5, 5.41) is 10.9. The Bertz CT molecular complexity index is 610. The van der Waals surface area contributed by atoms with Crippen molar-refractivity contribution in [3.63, 3.8) is 0 Å². The van der Waals surface area contributed by atoms with Crippen molar-refractivity contribution in [3.8, 4) is 0 Å². The molecular weight excluding hydrogens is 350 g/mol. The van der Waals surface area contributed by atoms with Gasteiger partial charge in [-0.3, -0.25) is 0 Å². The van der Waals surface area contributed by atoms with Gasteiger partial charge in [0.15, 0.2) is 0 Å². The van der Waals surface area contributed by atoms with Gasteiger partial charge >= 0.3 is 0 Å².